The molecule has 0 radical (unpaired) electrons. The van der Waals surface area contributed by atoms with Gasteiger partial charge in [-0.25, -0.2) is 0 Å². The van der Waals surface area contributed by atoms with Crippen LogP contribution in [0.25, 0.3) is 0 Å². The van der Waals surface area contributed by atoms with Crippen molar-refractivity contribution in [2.45, 2.75) is 39.0 Å². The molecule has 112 valence electrons. The number of nitrogens with zero attached hydrogens (tertiary/aromatic N) is 2. The number of nitro benzene ring substituents is 1. The van der Waals surface area contributed by atoms with Crippen LogP contribution < -0.4 is 5.32 Å². The van der Waals surface area contributed by atoms with Gasteiger partial charge in [0, 0.05) is 18.3 Å². The van der Waals surface area contributed by atoms with Crippen LogP contribution in [0, 0.1) is 33.3 Å². The third-order valence-electron chi connectivity index (χ3n) is 4.24. The maximum absolute atomic E-state index is 10.8. The summed E-state index contributed by atoms with van der Waals surface area (Å²) in [7, 11) is 0. The smallest absolute Gasteiger partial charge is 0.287 e. The van der Waals surface area contributed by atoms with Crippen molar-refractivity contribution in [2.75, 3.05) is 11.9 Å². The third-order valence-corrected chi connectivity index (χ3v) is 4.24. The summed E-state index contributed by atoms with van der Waals surface area (Å²) in [5.74, 6) is 1.60. The first-order valence-corrected chi connectivity index (χ1v) is 7.52. The molecule has 1 fully saturated rings. The highest BCUT2D eigenvalue weighted by Crippen LogP contribution is 2.30. The van der Waals surface area contributed by atoms with E-state index in [0.29, 0.717) is 0 Å². The van der Waals surface area contributed by atoms with Crippen LogP contribution in [0.15, 0.2) is 18.2 Å². The van der Waals surface area contributed by atoms with Crippen LogP contribution in [0.1, 0.15) is 44.6 Å². The molecule has 0 saturated heterocycles. The van der Waals surface area contributed by atoms with E-state index < -0.39 is 4.92 Å². The zero-order chi connectivity index (χ0) is 15.2. The molecule has 0 aliphatic heterocycles. The number of hydrogen-bond acceptors (Lipinski definition) is 4. The zero-order valence-electron chi connectivity index (χ0n) is 12.3. The highest BCUT2D eigenvalue weighted by atomic mass is 16.6. The number of rotatable bonds is 5. The average molecular weight is 287 g/mol. The lowest BCUT2D eigenvalue weighted by Gasteiger charge is -2.26. The molecule has 0 amide bonds. The Morgan fingerprint density at radius 2 is 2.29 bits per heavy atom. The minimum atomic E-state index is -0.522. The Morgan fingerprint density at radius 3 is 2.95 bits per heavy atom. The Bertz CT molecular complexity index is 551. The molecule has 1 aromatic rings. The van der Waals surface area contributed by atoms with E-state index in [0.717, 1.165) is 30.5 Å². The molecular formula is C16H21N3O2. The first kappa shape index (κ1) is 15.3. The molecule has 1 aliphatic carbocycles. The van der Waals surface area contributed by atoms with Gasteiger partial charge in [-0.2, -0.15) is 5.26 Å². The van der Waals surface area contributed by atoms with Crippen LogP contribution >= 0.6 is 0 Å². The summed E-state index contributed by atoms with van der Waals surface area (Å²) in [6.07, 6.45) is 6.38. The largest absolute Gasteiger partial charge is 0.385 e. The van der Waals surface area contributed by atoms with Gasteiger partial charge in [-0.3, -0.25) is 10.1 Å². The number of anilines is 1. The predicted octanol–water partition coefficient (Wildman–Crippen LogP) is 4.09. The van der Waals surface area contributed by atoms with Crippen LogP contribution in [-0.2, 0) is 0 Å². The van der Waals surface area contributed by atoms with Crippen molar-refractivity contribution < 1.29 is 4.92 Å². The Balaban J connectivity index is 1.89. The van der Waals surface area contributed by atoms with E-state index in [4.69, 9.17) is 5.26 Å². The standard InChI is InChI=1S/C16H21N3O2/c1-12-3-2-4-13(9-12)7-8-18-15-5-6-16(19(20)21)14(10-15)11-17/h5-6,10,12-13,18H,2-4,7-9H2,1H3. The first-order valence-electron chi connectivity index (χ1n) is 7.52. The van der Waals surface area contributed by atoms with Crippen molar-refractivity contribution in [1.29, 1.82) is 5.26 Å². The zero-order valence-corrected chi connectivity index (χ0v) is 12.3. The molecule has 1 saturated carbocycles. The van der Waals surface area contributed by atoms with Gasteiger partial charge in [0.25, 0.3) is 5.69 Å². The minimum Gasteiger partial charge on any atom is -0.385 e. The van der Waals surface area contributed by atoms with Gasteiger partial charge in [0.05, 0.1) is 4.92 Å². The summed E-state index contributed by atoms with van der Waals surface area (Å²) < 4.78 is 0. The fraction of sp³-hybridized carbons (Fsp3) is 0.562. The normalized spacial score (nSPS) is 21.5. The maximum Gasteiger partial charge on any atom is 0.287 e. The van der Waals surface area contributed by atoms with E-state index in [1.165, 1.54) is 31.7 Å². The second-order valence-electron chi connectivity index (χ2n) is 5.95. The summed E-state index contributed by atoms with van der Waals surface area (Å²) in [5.41, 5.74) is 0.751. The Morgan fingerprint density at radius 1 is 1.48 bits per heavy atom. The van der Waals surface area contributed by atoms with Crippen LogP contribution in [0.4, 0.5) is 11.4 Å². The summed E-state index contributed by atoms with van der Waals surface area (Å²) in [4.78, 5) is 10.3. The van der Waals surface area contributed by atoms with Crippen molar-refractivity contribution in [3.05, 3.63) is 33.9 Å². The van der Waals surface area contributed by atoms with Gasteiger partial charge in [0.1, 0.15) is 11.6 Å². The molecule has 5 heteroatoms. The number of nitro groups is 1. The van der Waals surface area contributed by atoms with Crippen LogP contribution in [0.2, 0.25) is 0 Å². The van der Waals surface area contributed by atoms with Gasteiger partial charge in [-0.1, -0.05) is 26.2 Å². The Hall–Kier alpha value is -2.09. The van der Waals surface area contributed by atoms with Gasteiger partial charge < -0.3 is 5.32 Å². The van der Waals surface area contributed by atoms with E-state index in [1.54, 1.807) is 12.1 Å². The van der Waals surface area contributed by atoms with Gasteiger partial charge >= 0.3 is 0 Å². The van der Waals surface area contributed by atoms with E-state index in [1.807, 2.05) is 6.07 Å². The van der Waals surface area contributed by atoms with Crippen LogP contribution in [0.3, 0.4) is 0 Å². The molecule has 1 N–H and O–H groups in total. The molecule has 21 heavy (non-hydrogen) atoms. The summed E-state index contributed by atoms with van der Waals surface area (Å²) in [6, 6.07) is 6.50. The van der Waals surface area contributed by atoms with E-state index in [-0.39, 0.29) is 11.3 Å². The molecule has 1 aromatic carbocycles. The van der Waals surface area contributed by atoms with Gasteiger partial charge in [0.2, 0.25) is 0 Å². The van der Waals surface area contributed by atoms with Crippen molar-refractivity contribution in [3.8, 4) is 6.07 Å². The maximum atomic E-state index is 10.8. The number of nitrogens with one attached hydrogen (secondary N) is 1. The molecular weight excluding hydrogens is 266 g/mol. The molecule has 0 heterocycles. The number of benzene rings is 1. The lowest BCUT2D eigenvalue weighted by atomic mass is 9.81. The topological polar surface area (TPSA) is 79.0 Å². The third kappa shape index (κ3) is 4.19. The van der Waals surface area contributed by atoms with Crippen molar-refractivity contribution in [3.63, 3.8) is 0 Å². The summed E-state index contributed by atoms with van der Waals surface area (Å²) in [6.45, 7) is 3.16. The van der Waals surface area contributed by atoms with E-state index in [9.17, 15) is 10.1 Å². The molecule has 0 spiro atoms. The predicted molar refractivity (Wildman–Crippen MR) is 82.0 cm³/mol. The van der Waals surface area contributed by atoms with Crippen LogP contribution in [0.5, 0.6) is 0 Å². The molecule has 1 aliphatic rings. The lowest BCUT2D eigenvalue weighted by molar-refractivity contribution is -0.385. The average Bonchev–Trinajstić information content (AvgIpc) is 2.47. The van der Waals surface area contributed by atoms with Crippen LogP contribution in [-0.4, -0.2) is 11.5 Å². The SMILES string of the molecule is CC1CCCC(CCNc2ccc([N+](=O)[O-])c(C#N)c2)C1. The molecule has 5 nitrogen and oxygen atoms in total. The fourth-order valence-corrected chi connectivity index (χ4v) is 3.14. The molecule has 0 aromatic heterocycles. The van der Waals surface area contributed by atoms with Gasteiger partial charge in [-0.15, -0.1) is 0 Å². The first-order chi connectivity index (χ1) is 10.1. The minimum absolute atomic E-state index is 0.108. The molecule has 2 rings (SSSR count). The van der Waals surface area contributed by atoms with Gasteiger partial charge in [0.15, 0.2) is 0 Å². The Kier molecular flexibility index (Phi) is 5.15. The van der Waals surface area contributed by atoms with E-state index in [2.05, 4.69) is 12.2 Å². The number of hydrogen-bond donors (Lipinski definition) is 1. The molecule has 0 bridgehead atoms. The summed E-state index contributed by atoms with van der Waals surface area (Å²) in [5, 5.41) is 23.0. The van der Waals surface area contributed by atoms with Crippen molar-refractivity contribution >= 4 is 11.4 Å². The quantitative estimate of drug-likeness (QED) is 0.653. The monoisotopic (exact) mass is 287 g/mol. The summed E-state index contributed by atoms with van der Waals surface area (Å²) >= 11 is 0. The van der Waals surface area contributed by atoms with Gasteiger partial charge in [-0.05, 0) is 36.8 Å². The number of nitriles is 1. The van der Waals surface area contributed by atoms with E-state index >= 15 is 0 Å². The van der Waals surface area contributed by atoms with Crippen molar-refractivity contribution in [1.82, 2.24) is 0 Å². The second-order valence-corrected chi connectivity index (χ2v) is 5.95. The molecule has 2 atom stereocenters. The second kappa shape index (κ2) is 7.07. The highest BCUT2D eigenvalue weighted by molar-refractivity contribution is 5.58. The Labute approximate surface area is 125 Å². The fourth-order valence-electron chi connectivity index (χ4n) is 3.14. The lowest BCUT2D eigenvalue weighted by Crippen LogP contribution is -2.16. The highest BCUT2D eigenvalue weighted by Gasteiger charge is 2.18. The molecule has 2 unspecified atom stereocenters. The van der Waals surface area contributed by atoms with Crippen molar-refractivity contribution in [2.24, 2.45) is 11.8 Å².